The van der Waals surface area contributed by atoms with E-state index in [4.69, 9.17) is 10.5 Å². The van der Waals surface area contributed by atoms with Crippen LogP contribution in [0.2, 0.25) is 0 Å². The van der Waals surface area contributed by atoms with Crippen molar-refractivity contribution in [3.05, 3.63) is 34.3 Å². The van der Waals surface area contributed by atoms with Gasteiger partial charge in [0.15, 0.2) is 0 Å². The zero-order chi connectivity index (χ0) is 12.6. The molecule has 1 saturated heterocycles. The van der Waals surface area contributed by atoms with Crippen LogP contribution in [0.1, 0.15) is 43.7 Å². The molecule has 1 spiro atoms. The SMILES string of the molecule is NC(c1ccccc1Br)C1CCOC2(CCC2)C1. The van der Waals surface area contributed by atoms with Gasteiger partial charge in [0.1, 0.15) is 0 Å². The lowest BCUT2D eigenvalue weighted by Gasteiger charge is -2.48. The first-order valence-corrected chi connectivity index (χ1v) is 7.63. The van der Waals surface area contributed by atoms with E-state index in [1.807, 2.05) is 6.07 Å². The Bertz CT molecular complexity index is 430. The highest BCUT2D eigenvalue weighted by molar-refractivity contribution is 9.10. The average molecular weight is 310 g/mol. The summed E-state index contributed by atoms with van der Waals surface area (Å²) in [5.74, 6) is 0.553. The summed E-state index contributed by atoms with van der Waals surface area (Å²) in [4.78, 5) is 0. The molecular formula is C15H20BrNO. The Kier molecular flexibility index (Phi) is 3.48. The molecule has 1 aliphatic carbocycles. The number of hydrogen-bond acceptors (Lipinski definition) is 2. The van der Waals surface area contributed by atoms with Gasteiger partial charge in [-0.3, -0.25) is 0 Å². The molecule has 1 aromatic carbocycles. The Morgan fingerprint density at radius 2 is 2.11 bits per heavy atom. The van der Waals surface area contributed by atoms with Crippen molar-refractivity contribution in [3.63, 3.8) is 0 Å². The molecule has 98 valence electrons. The van der Waals surface area contributed by atoms with Crippen LogP contribution in [0.15, 0.2) is 28.7 Å². The summed E-state index contributed by atoms with van der Waals surface area (Å²) in [6.07, 6.45) is 6.00. The fourth-order valence-electron chi connectivity index (χ4n) is 3.29. The molecule has 2 fully saturated rings. The van der Waals surface area contributed by atoms with Crippen molar-refractivity contribution in [2.75, 3.05) is 6.61 Å². The van der Waals surface area contributed by atoms with E-state index in [-0.39, 0.29) is 11.6 Å². The van der Waals surface area contributed by atoms with E-state index in [1.54, 1.807) is 0 Å². The Morgan fingerprint density at radius 3 is 2.78 bits per heavy atom. The summed E-state index contributed by atoms with van der Waals surface area (Å²) in [5.41, 5.74) is 7.90. The second-order valence-electron chi connectivity index (χ2n) is 5.69. The second-order valence-corrected chi connectivity index (χ2v) is 6.54. The van der Waals surface area contributed by atoms with Gasteiger partial charge in [0.05, 0.1) is 5.60 Å². The molecule has 3 heteroatoms. The lowest BCUT2D eigenvalue weighted by atomic mass is 9.70. The van der Waals surface area contributed by atoms with Crippen molar-refractivity contribution in [2.45, 2.75) is 43.7 Å². The molecule has 0 bridgehead atoms. The van der Waals surface area contributed by atoms with Crippen LogP contribution in [0.4, 0.5) is 0 Å². The third-order valence-corrected chi connectivity index (χ3v) is 5.29. The second kappa shape index (κ2) is 4.95. The maximum Gasteiger partial charge on any atom is 0.0686 e. The van der Waals surface area contributed by atoms with E-state index in [2.05, 4.69) is 34.1 Å². The fraction of sp³-hybridized carbons (Fsp3) is 0.600. The molecule has 1 saturated carbocycles. The molecular weight excluding hydrogens is 290 g/mol. The minimum Gasteiger partial charge on any atom is -0.375 e. The van der Waals surface area contributed by atoms with Crippen molar-refractivity contribution < 1.29 is 4.74 Å². The summed E-state index contributed by atoms with van der Waals surface area (Å²) >= 11 is 3.61. The van der Waals surface area contributed by atoms with Gasteiger partial charge in [-0.15, -0.1) is 0 Å². The van der Waals surface area contributed by atoms with Gasteiger partial charge in [0.25, 0.3) is 0 Å². The molecule has 2 nitrogen and oxygen atoms in total. The number of benzene rings is 1. The summed E-state index contributed by atoms with van der Waals surface area (Å²) in [5, 5.41) is 0. The molecule has 0 aromatic heterocycles. The first-order chi connectivity index (χ1) is 8.70. The van der Waals surface area contributed by atoms with E-state index in [0.717, 1.165) is 23.9 Å². The van der Waals surface area contributed by atoms with Crippen molar-refractivity contribution in [3.8, 4) is 0 Å². The van der Waals surface area contributed by atoms with E-state index in [9.17, 15) is 0 Å². The maximum absolute atomic E-state index is 6.48. The highest BCUT2D eigenvalue weighted by atomic mass is 79.9. The minimum atomic E-state index is 0.127. The molecule has 18 heavy (non-hydrogen) atoms. The summed E-state index contributed by atoms with van der Waals surface area (Å²) < 4.78 is 7.11. The van der Waals surface area contributed by atoms with Crippen molar-refractivity contribution in [1.82, 2.24) is 0 Å². The van der Waals surface area contributed by atoms with E-state index < -0.39 is 0 Å². The first-order valence-electron chi connectivity index (χ1n) is 6.84. The molecule has 3 rings (SSSR count). The lowest BCUT2D eigenvalue weighted by Crippen LogP contribution is -2.47. The number of nitrogens with two attached hydrogens (primary N) is 1. The molecule has 0 radical (unpaired) electrons. The van der Waals surface area contributed by atoms with Gasteiger partial charge >= 0.3 is 0 Å². The molecule has 2 N–H and O–H groups in total. The predicted molar refractivity (Wildman–Crippen MR) is 76.3 cm³/mol. The van der Waals surface area contributed by atoms with E-state index >= 15 is 0 Å². The number of hydrogen-bond donors (Lipinski definition) is 1. The van der Waals surface area contributed by atoms with Crippen LogP contribution >= 0.6 is 15.9 Å². The van der Waals surface area contributed by atoms with Crippen LogP contribution < -0.4 is 5.73 Å². The molecule has 2 unspecified atom stereocenters. The van der Waals surface area contributed by atoms with E-state index in [1.165, 1.54) is 24.8 Å². The zero-order valence-corrected chi connectivity index (χ0v) is 12.2. The first kappa shape index (κ1) is 12.6. The number of ether oxygens (including phenoxy) is 1. The third kappa shape index (κ3) is 2.24. The molecule has 2 aliphatic rings. The molecule has 1 aliphatic heterocycles. The molecule has 0 amide bonds. The van der Waals surface area contributed by atoms with Crippen molar-refractivity contribution in [1.29, 1.82) is 0 Å². The number of halogens is 1. The van der Waals surface area contributed by atoms with Crippen LogP contribution in [-0.2, 0) is 4.74 Å². The topological polar surface area (TPSA) is 35.2 Å². The van der Waals surface area contributed by atoms with Gasteiger partial charge in [-0.05, 0) is 49.7 Å². The van der Waals surface area contributed by atoms with Gasteiger partial charge in [-0.1, -0.05) is 34.1 Å². The van der Waals surface area contributed by atoms with Gasteiger partial charge in [0.2, 0.25) is 0 Å². The fourth-order valence-corrected chi connectivity index (χ4v) is 3.84. The summed E-state index contributed by atoms with van der Waals surface area (Å²) in [7, 11) is 0. The Morgan fingerprint density at radius 1 is 1.33 bits per heavy atom. The smallest absolute Gasteiger partial charge is 0.0686 e. The minimum absolute atomic E-state index is 0.127. The highest BCUT2D eigenvalue weighted by Crippen LogP contribution is 2.47. The lowest BCUT2D eigenvalue weighted by molar-refractivity contribution is -0.146. The third-order valence-electron chi connectivity index (χ3n) is 4.57. The summed E-state index contributed by atoms with van der Waals surface area (Å²) in [6.45, 7) is 0.878. The van der Waals surface area contributed by atoms with Crippen LogP contribution in [0.5, 0.6) is 0 Å². The summed E-state index contributed by atoms with van der Waals surface area (Å²) in [6, 6.07) is 8.45. The normalized spacial score (nSPS) is 27.8. The zero-order valence-electron chi connectivity index (χ0n) is 10.6. The van der Waals surface area contributed by atoms with Gasteiger partial charge in [-0.2, -0.15) is 0 Å². The van der Waals surface area contributed by atoms with Crippen LogP contribution in [-0.4, -0.2) is 12.2 Å². The van der Waals surface area contributed by atoms with Crippen LogP contribution in [0.3, 0.4) is 0 Å². The van der Waals surface area contributed by atoms with E-state index in [0.29, 0.717) is 5.92 Å². The van der Waals surface area contributed by atoms with Gasteiger partial charge in [0, 0.05) is 17.1 Å². The van der Waals surface area contributed by atoms with Crippen molar-refractivity contribution >= 4 is 15.9 Å². The largest absolute Gasteiger partial charge is 0.375 e. The molecule has 1 aromatic rings. The molecule has 2 atom stereocenters. The Balaban J connectivity index is 1.76. The standard InChI is InChI=1S/C15H20BrNO/c16-13-5-2-1-4-12(13)14(17)11-6-9-18-15(10-11)7-3-8-15/h1-2,4-5,11,14H,3,6-10,17H2. The van der Waals surface area contributed by atoms with Gasteiger partial charge in [-0.25, -0.2) is 0 Å². The average Bonchev–Trinajstić information content (AvgIpc) is 2.37. The Hall–Kier alpha value is -0.380. The van der Waals surface area contributed by atoms with Crippen LogP contribution in [0.25, 0.3) is 0 Å². The molecule has 1 heterocycles. The quantitative estimate of drug-likeness (QED) is 0.902. The predicted octanol–water partition coefficient (Wildman–Crippen LogP) is 3.80. The maximum atomic E-state index is 6.48. The monoisotopic (exact) mass is 309 g/mol. The highest BCUT2D eigenvalue weighted by Gasteiger charge is 2.44. The van der Waals surface area contributed by atoms with Crippen LogP contribution in [0, 0.1) is 5.92 Å². The Labute approximate surface area is 117 Å². The number of rotatable bonds is 2. The van der Waals surface area contributed by atoms with Crippen molar-refractivity contribution in [2.24, 2.45) is 11.7 Å². The van der Waals surface area contributed by atoms with Gasteiger partial charge < -0.3 is 10.5 Å².